The van der Waals surface area contributed by atoms with Gasteiger partial charge in [0.05, 0.1) is 28.5 Å². The molecule has 2 heterocycles. The zero-order chi connectivity index (χ0) is 14.0. The molecule has 0 N–H and O–H groups in total. The number of rotatable bonds is 4. The molecule has 2 aromatic heterocycles. The van der Waals surface area contributed by atoms with Crippen LogP contribution < -0.4 is 0 Å². The van der Waals surface area contributed by atoms with Gasteiger partial charge in [0.1, 0.15) is 0 Å². The SMILES string of the molecule is CCn1cc(Br)c(CN(C)C(=O)c2cnn(C)c2)n1. The highest BCUT2D eigenvalue weighted by atomic mass is 79.9. The molecule has 0 saturated heterocycles. The van der Waals surface area contributed by atoms with Crippen LogP contribution in [-0.4, -0.2) is 37.4 Å². The van der Waals surface area contributed by atoms with Gasteiger partial charge in [0.2, 0.25) is 0 Å². The summed E-state index contributed by atoms with van der Waals surface area (Å²) in [6.07, 6.45) is 5.19. The first-order valence-corrected chi connectivity index (χ1v) is 6.76. The van der Waals surface area contributed by atoms with Gasteiger partial charge in [0.15, 0.2) is 0 Å². The van der Waals surface area contributed by atoms with Crippen molar-refractivity contribution in [2.75, 3.05) is 7.05 Å². The molecule has 0 atom stereocenters. The lowest BCUT2D eigenvalue weighted by Gasteiger charge is -2.14. The lowest BCUT2D eigenvalue weighted by Crippen LogP contribution is -2.26. The Morgan fingerprint density at radius 1 is 1.47 bits per heavy atom. The Hall–Kier alpha value is -1.63. The highest BCUT2D eigenvalue weighted by molar-refractivity contribution is 9.10. The maximum atomic E-state index is 12.2. The largest absolute Gasteiger partial charge is 0.336 e. The molecule has 0 unspecified atom stereocenters. The molecule has 2 aromatic rings. The van der Waals surface area contributed by atoms with Gasteiger partial charge in [0, 0.05) is 33.0 Å². The van der Waals surface area contributed by atoms with Gasteiger partial charge >= 0.3 is 0 Å². The molecule has 7 heteroatoms. The van der Waals surface area contributed by atoms with Gasteiger partial charge in [-0.15, -0.1) is 0 Å². The molecule has 0 fully saturated rings. The van der Waals surface area contributed by atoms with Crippen LogP contribution in [0.1, 0.15) is 23.0 Å². The van der Waals surface area contributed by atoms with Crippen molar-refractivity contribution in [3.8, 4) is 0 Å². The zero-order valence-corrected chi connectivity index (χ0v) is 12.8. The van der Waals surface area contributed by atoms with Gasteiger partial charge in [-0.25, -0.2) is 0 Å². The highest BCUT2D eigenvalue weighted by Gasteiger charge is 2.16. The Labute approximate surface area is 120 Å². The van der Waals surface area contributed by atoms with Crippen LogP contribution in [0.25, 0.3) is 0 Å². The van der Waals surface area contributed by atoms with Crippen LogP contribution in [0.3, 0.4) is 0 Å². The normalized spacial score (nSPS) is 10.7. The summed E-state index contributed by atoms with van der Waals surface area (Å²) in [5, 5.41) is 8.41. The van der Waals surface area contributed by atoms with E-state index >= 15 is 0 Å². The van der Waals surface area contributed by atoms with E-state index in [2.05, 4.69) is 26.1 Å². The average molecular weight is 326 g/mol. The molecule has 0 aliphatic carbocycles. The Bertz CT molecular complexity index is 589. The first kappa shape index (κ1) is 13.8. The summed E-state index contributed by atoms with van der Waals surface area (Å²) in [6.45, 7) is 3.29. The van der Waals surface area contributed by atoms with Gasteiger partial charge in [-0.1, -0.05) is 0 Å². The van der Waals surface area contributed by atoms with Gasteiger partial charge < -0.3 is 4.90 Å². The van der Waals surface area contributed by atoms with Crippen molar-refractivity contribution < 1.29 is 4.79 Å². The number of hydrogen-bond donors (Lipinski definition) is 0. The summed E-state index contributed by atoms with van der Waals surface area (Å²) >= 11 is 3.46. The molecule has 0 radical (unpaired) electrons. The summed E-state index contributed by atoms with van der Waals surface area (Å²) in [5.74, 6) is -0.0638. The summed E-state index contributed by atoms with van der Waals surface area (Å²) in [4.78, 5) is 13.8. The van der Waals surface area contributed by atoms with Crippen molar-refractivity contribution in [3.05, 3.63) is 34.3 Å². The van der Waals surface area contributed by atoms with Crippen LogP contribution in [0.5, 0.6) is 0 Å². The minimum atomic E-state index is -0.0638. The van der Waals surface area contributed by atoms with E-state index in [0.717, 1.165) is 16.7 Å². The Morgan fingerprint density at radius 2 is 2.21 bits per heavy atom. The predicted octanol–water partition coefficient (Wildman–Crippen LogP) is 1.67. The lowest BCUT2D eigenvalue weighted by atomic mass is 10.3. The molecule has 0 aliphatic rings. The second-order valence-corrected chi connectivity index (χ2v) is 5.20. The highest BCUT2D eigenvalue weighted by Crippen LogP contribution is 2.17. The molecule has 1 amide bonds. The first-order chi connectivity index (χ1) is 9.01. The number of aryl methyl sites for hydroxylation is 2. The van der Waals surface area contributed by atoms with Crippen molar-refractivity contribution in [2.45, 2.75) is 20.0 Å². The van der Waals surface area contributed by atoms with E-state index < -0.39 is 0 Å². The van der Waals surface area contributed by atoms with Crippen molar-refractivity contribution in [3.63, 3.8) is 0 Å². The molecule has 0 bridgehead atoms. The summed E-state index contributed by atoms with van der Waals surface area (Å²) in [7, 11) is 3.54. The Kier molecular flexibility index (Phi) is 4.04. The third kappa shape index (κ3) is 3.04. The lowest BCUT2D eigenvalue weighted by molar-refractivity contribution is 0.0783. The molecule has 19 heavy (non-hydrogen) atoms. The third-order valence-corrected chi connectivity index (χ3v) is 3.46. The van der Waals surface area contributed by atoms with Crippen LogP contribution in [-0.2, 0) is 20.1 Å². The van der Waals surface area contributed by atoms with Crippen LogP contribution in [0.4, 0.5) is 0 Å². The van der Waals surface area contributed by atoms with E-state index in [4.69, 9.17) is 0 Å². The minimum Gasteiger partial charge on any atom is -0.336 e. The predicted molar refractivity (Wildman–Crippen MR) is 74.6 cm³/mol. The third-order valence-electron chi connectivity index (χ3n) is 2.80. The van der Waals surface area contributed by atoms with Gasteiger partial charge in [-0.2, -0.15) is 10.2 Å². The second-order valence-electron chi connectivity index (χ2n) is 4.34. The molecule has 6 nitrogen and oxygen atoms in total. The molecule has 102 valence electrons. The molecule has 0 aromatic carbocycles. The fraction of sp³-hybridized carbons (Fsp3) is 0.417. The van der Waals surface area contributed by atoms with Gasteiger partial charge in [-0.3, -0.25) is 14.2 Å². The van der Waals surface area contributed by atoms with Crippen LogP contribution in [0.2, 0.25) is 0 Å². The van der Waals surface area contributed by atoms with E-state index in [0.29, 0.717) is 12.1 Å². The van der Waals surface area contributed by atoms with Crippen LogP contribution in [0, 0.1) is 0 Å². The molecular weight excluding hydrogens is 310 g/mol. The monoisotopic (exact) mass is 325 g/mol. The van der Waals surface area contributed by atoms with E-state index in [-0.39, 0.29) is 5.91 Å². The van der Waals surface area contributed by atoms with Crippen molar-refractivity contribution >= 4 is 21.8 Å². The maximum absolute atomic E-state index is 12.2. The van der Waals surface area contributed by atoms with Crippen molar-refractivity contribution in [1.82, 2.24) is 24.5 Å². The fourth-order valence-corrected chi connectivity index (χ4v) is 2.20. The van der Waals surface area contributed by atoms with E-state index in [1.54, 1.807) is 36.1 Å². The molecule has 0 spiro atoms. The number of aromatic nitrogens is 4. The zero-order valence-electron chi connectivity index (χ0n) is 11.2. The standard InChI is InChI=1S/C12H16BrN5O/c1-4-18-7-10(13)11(15-18)8-16(2)12(19)9-5-14-17(3)6-9/h5-7H,4,8H2,1-3H3. The number of carbonyl (C=O) groups excluding carboxylic acids is 1. The summed E-state index contributed by atoms with van der Waals surface area (Å²) < 4.78 is 4.37. The molecular formula is C12H16BrN5O. The average Bonchev–Trinajstić information content (AvgIpc) is 2.95. The van der Waals surface area contributed by atoms with E-state index in [9.17, 15) is 4.79 Å². The molecule has 0 aliphatic heterocycles. The van der Waals surface area contributed by atoms with Crippen molar-refractivity contribution in [1.29, 1.82) is 0 Å². The number of hydrogen-bond acceptors (Lipinski definition) is 3. The Morgan fingerprint density at radius 3 is 2.74 bits per heavy atom. The van der Waals surface area contributed by atoms with E-state index in [1.165, 1.54) is 0 Å². The van der Waals surface area contributed by atoms with Crippen LogP contribution in [0.15, 0.2) is 23.1 Å². The quantitative estimate of drug-likeness (QED) is 0.859. The molecule has 2 rings (SSSR count). The molecule has 0 saturated carbocycles. The van der Waals surface area contributed by atoms with Crippen molar-refractivity contribution in [2.24, 2.45) is 7.05 Å². The first-order valence-electron chi connectivity index (χ1n) is 5.97. The maximum Gasteiger partial charge on any atom is 0.257 e. The number of halogens is 1. The number of amides is 1. The smallest absolute Gasteiger partial charge is 0.257 e. The number of nitrogens with zero attached hydrogens (tertiary/aromatic N) is 5. The topological polar surface area (TPSA) is 56.0 Å². The minimum absolute atomic E-state index is 0.0638. The van der Waals surface area contributed by atoms with E-state index in [1.807, 2.05) is 17.8 Å². The Balaban J connectivity index is 2.10. The van der Waals surface area contributed by atoms with Gasteiger partial charge in [-0.05, 0) is 22.9 Å². The summed E-state index contributed by atoms with van der Waals surface area (Å²) in [6, 6.07) is 0. The number of carbonyl (C=O) groups is 1. The van der Waals surface area contributed by atoms with Crippen LogP contribution >= 0.6 is 15.9 Å². The second kappa shape index (κ2) is 5.56. The summed E-state index contributed by atoms with van der Waals surface area (Å²) in [5.41, 5.74) is 1.43. The van der Waals surface area contributed by atoms with Gasteiger partial charge in [0.25, 0.3) is 5.91 Å². The fourth-order valence-electron chi connectivity index (χ4n) is 1.75.